The average molecular weight is 374 g/mol. The van der Waals surface area contributed by atoms with Crippen molar-refractivity contribution in [1.29, 1.82) is 0 Å². The molecule has 2 aromatic heterocycles. The number of hydrogen-bond donors (Lipinski definition) is 2. The van der Waals surface area contributed by atoms with E-state index >= 15 is 0 Å². The number of carbonyl (C=O) groups excluding carboxylic acids is 1. The summed E-state index contributed by atoms with van der Waals surface area (Å²) in [6.07, 6.45) is 0.263. The van der Waals surface area contributed by atoms with Crippen LogP contribution in [-0.2, 0) is 13.1 Å². The molecule has 136 valence electrons. The molecule has 0 unspecified atom stereocenters. The van der Waals surface area contributed by atoms with Gasteiger partial charge in [-0.1, -0.05) is 0 Å². The van der Waals surface area contributed by atoms with Crippen molar-refractivity contribution in [2.75, 3.05) is 23.3 Å². The normalized spacial score (nSPS) is 14.8. The van der Waals surface area contributed by atoms with E-state index in [1.165, 1.54) is 17.5 Å². The van der Waals surface area contributed by atoms with Gasteiger partial charge < -0.3 is 15.5 Å². The largest absolute Gasteiger partial charge is 0.408 e. The van der Waals surface area contributed by atoms with Crippen molar-refractivity contribution in [3.05, 3.63) is 23.5 Å². The van der Waals surface area contributed by atoms with Crippen LogP contribution in [0.1, 0.15) is 18.5 Å². The van der Waals surface area contributed by atoms with Crippen LogP contribution in [0.3, 0.4) is 0 Å². The molecule has 11 heteroatoms. The molecule has 25 heavy (non-hydrogen) atoms. The van der Waals surface area contributed by atoms with Gasteiger partial charge in [0.1, 0.15) is 6.54 Å². The smallest absolute Gasteiger partial charge is 0.348 e. The number of urea groups is 1. The maximum Gasteiger partial charge on any atom is 0.408 e. The fourth-order valence-electron chi connectivity index (χ4n) is 2.48. The predicted molar refractivity (Wildman–Crippen MR) is 87.7 cm³/mol. The van der Waals surface area contributed by atoms with Crippen LogP contribution < -0.4 is 15.5 Å². The van der Waals surface area contributed by atoms with Gasteiger partial charge in [-0.05, 0) is 12.8 Å². The van der Waals surface area contributed by atoms with E-state index in [2.05, 4.69) is 25.6 Å². The Bertz CT molecular complexity index is 722. The van der Waals surface area contributed by atoms with Crippen molar-refractivity contribution in [1.82, 2.24) is 20.1 Å². The highest BCUT2D eigenvalue weighted by molar-refractivity contribution is 7.13. The van der Waals surface area contributed by atoms with E-state index in [1.54, 1.807) is 0 Å². The summed E-state index contributed by atoms with van der Waals surface area (Å²) in [5.41, 5.74) is 0.938. The zero-order chi connectivity index (χ0) is 17.9. The molecule has 0 saturated carbocycles. The van der Waals surface area contributed by atoms with Crippen LogP contribution in [-0.4, -0.2) is 40.1 Å². The van der Waals surface area contributed by atoms with Crippen molar-refractivity contribution in [3.8, 4) is 0 Å². The van der Waals surface area contributed by atoms with Gasteiger partial charge in [-0.15, -0.1) is 11.3 Å². The first-order chi connectivity index (χ1) is 11.9. The molecule has 2 amide bonds. The summed E-state index contributed by atoms with van der Waals surface area (Å²) >= 11 is 1.53. The maximum absolute atomic E-state index is 12.3. The number of hydrogen-bond acceptors (Lipinski definition) is 5. The number of anilines is 2. The van der Waals surface area contributed by atoms with Gasteiger partial charge >= 0.3 is 12.2 Å². The van der Waals surface area contributed by atoms with Gasteiger partial charge in [0.25, 0.3) is 0 Å². The molecule has 2 aromatic rings. The predicted octanol–water partition coefficient (Wildman–Crippen LogP) is 2.82. The van der Waals surface area contributed by atoms with E-state index in [0.717, 1.165) is 47.6 Å². The quantitative estimate of drug-likeness (QED) is 0.844. The Morgan fingerprint density at radius 2 is 2.08 bits per heavy atom. The van der Waals surface area contributed by atoms with Crippen LogP contribution in [0.15, 0.2) is 17.8 Å². The summed E-state index contributed by atoms with van der Waals surface area (Å²) in [4.78, 5) is 18.5. The van der Waals surface area contributed by atoms with Gasteiger partial charge in [0.15, 0.2) is 5.13 Å². The fourth-order valence-corrected chi connectivity index (χ4v) is 3.35. The molecule has 1 fully saturated rings. The van der Waals surface area contributed by atoms with Gasteiger partial charge in [-0.3, -0.25) is 4.68 Å². The summed E-state index contributed by atoms with van der Waals surface area (Å²) in [7, 11) is 0. The molecule has 2 N–H and O–H groups in total. The molecule has 0 bridgehead atoms. The number of nitrogens with zero attached hydrogens (tertiary/aromatic N) is 4. The maximum atomic E-state index is 12.3. The van der Waals surface area contributed by atoms with Gasteiger partial charge in [0, 0.05) is 24.7 Å². The van der Waals surface area contributed by atoms with Crippen molar-refractivity contribution in [2.24, 2.45) is 0 Å². The molecule has 0 radical (unpaired) electrons. The van der Waals surface area contributed by atoms with E-state index in [0.29, 0.717) is 0 Å². The van der Waals surface area contributed by atoms with Gasteiger partial charge in [0.05, 0.1) is 24.1 Å². The Kier molecular flexibility index (Phi) is 5.11. The molecule has 3 rings (SSSR count). The molecule has 0 atom stereocenters. The minimum atomic E-state index is -4.36. The second kappa shape index (κ2) is 7.30. The van der Waals surface area contributed by atoms with Crippen molar-refractivity contribution in [2.45, 2.75) is 32.1 Å². The van der Waals surface area contributed by atoms with Gasteiger partial charge in [-0.2, -0.15) is 18.3 Å². The topological polar surface area (TPSA) is 75.1 Å². The average Bonchev–Trinajstić information content (AvgIpc) is 3.25. The Morgan fingerprint density at radius 1 is 1.32 bits per heavy atom. The number of alkyl halides is 3. The molecule has 7 nitrogen and oxygen atoms in total. The van der Waals surface area contributed by atoms with E-state index in [1.807, 2.05) is 5.38 Å². The lowest BCUT2D eigenvalue weighted by molar-refractivity contribution is -0.142. The third-order valence-electron chi connectivity index (χ3n) is 3.58. The summed E-state index contributed by atoms with van der Waals surface area (Å²) in [6, 6.07) is -0.526. The third-order valence-corrected chi connectivity index (χ3v) is 4.53. The van der Waals surface area contributed by atoms with Crippen LogP contribution in [0.2, 0.25) is 0 Å². The highest BCUT2D eigenvalue weighted by Gasteiger charge is 2.28. The first-order valence-corrected chi connectivity index (χ1v) is 8.60. The van der Waals surface area contributed by atoms with Crippen LogP contribution >= 0.6 is 11.3 Å². The van der Waals surface area contributed by atoms with Crippen LogP contribution in [0.4, 0.5) is 28.8 Å². The minimum absolute atomic E-state index is 0.192. The monoisotopic (exact) mass is 374 g/mol. The number of halogens is 3. The van der Waals surface area contributed by atoms with Crippen LogP contribution in [0, 0.1) is 0 Å². The summed E-state index contributed by atoms with van der Waals surface area (Å²) in [5, 5.41) is 11.5. The molecule has 0 aliphatic carbocycles. The van der Waals surface area contributed by atoms with Crippen molar-refractivity contribution < 1.29 is 18.0 Å². The summed E-state index contributed by atoms with van der Waals surface area (Å²) in [5.74, 6) is 0. The fraction of sp³-hybridized carbons (Fsp3) is 0.500. The Labute approximate surface area is 145 Å². The zero-order valence-electron chi connectivity index (χ0n) is 13.2. The lowest BCUT2D eigenvalue weighted by Gasteiger charge is -2.12. The third kappa shape index (κ3) is 5.08. The number of amides is 2. The molecule has 3 heterocycles. The number of thiazole rings is 1. The number of nitrogens with one attached hydrogen (secondary N) is 2. The Balaban J connectivity index is 1.46. The lowest BCUT2D eigenvalue weighted by atomic mass is 10.4. The van der Waals surface area contributed by atoms with Crippen molar-refractivity contribution >= 4 is 28.2 Å². The minimum Gasteiger partial charge on any atom is -0.348 e. The summed E-state index contributed by atoms with van der Waals surface area (Å²) < 4.78 is 37.5. The van der Waals surface area contributed by atoms with E-state index < -0.39 is 18.8 Å². The molecular weight excluding hydrogens is 357 g/mol. The first kappa shape index (κ1) is 17.5. The highest BCUT2D eigenvalue weighted by Crippen LogP contribution is 2.24. The van der Waals surface area contributed by atoms with Gasteiger partial charge in [-0.25, -0.2) is 9.78 Å². The summed E-state index contributed by atoms with van der Waals surface area (Å²) in [6.45, 7) is 1.05. The van der Waals surface area contributed by atoms with Crippen LogP contribution in [0.25, 0.3) is 0 Å². The number of carbonyl (C=O) groups is 1. The second-order valence-electron chi connectivity index (χ2n) is 5.67. The molecule has 0 spiro atoms. The van der Waals surface area contributed by atoms with Gasteiger partial charge in [0.2, 0.25) is 0 Å². The molecule has 1 saturated heterocycles. The number of rotatable bonds is 5. The highest BCUT2D eigenvalue weighted by atomic mass is 32.1. The standard InChI is InChI=1S/C14H17F3N6OS/c15-14(16,17)9-23-7-10(6-19-23)20-12(24)18-5-11-8-25-13(21-11)22-3-1-2-4-22/h6-8H,1-5,9H2,(H2,18,20,24). The van der Waals surface area contributed by atoms with Crippen molar-refractivity contribution in [3.63, 3.8) is 0 Å². The van der Waals surface area contributed by atoms with E-state index in [4.69, 9.17) is 0 Å². The first-order valence-electron chi connectivity index (χ1n) is 7.72. The molecule has 1 aliphatic rings. The van der Waals surface area contributed by atoms with Crippen LogP contribution in [0.5, 0.6) is 0 Å². The zero-order valence-corrected chi connectivity index (χ0v) is 14.0. The Hall–Kier alpha value is -2.30. The Morgan fingerprint density at radius 3 is 2.80 bits per heavy atom. The number of aromatic nitrogens is 3. The van der Waals surface area contributed by atoms with E-state index in [9.17, 15) is 18.0 Å². The van der Waals surface area contributed by atoms with E-state index in [-0.39, 0.29) is 12.2 Å². The lowest BCUT2D eigenvalue weighted by Crippen LogP contribution is -2.28. The second-order valence-corrected chi connectivity index (χ2v) is 6.50. The molecule has 1 aliphatic heterocycles. The molecule has 0 aromatic carbocycles. The molecular formula is C14H17F3N6OS. The SMILES string of the molecule is O=C(NCc1csc(N2CCCC2)n1)Nc1cnn(CC(F)(F)F)c1.